The maximum absolute atomic E-state index is 3.59. The SMILES string of the molecule is CCNC(C)c1cc(Br)ccc1N1CCCC1C. The van der Waals surface area contributed by atoms with Crippen LogP contribution in [-0.4, -0.2) is 19.1 Å². The van der Waals surface area contributed by atoms with Gasteiger partial charge in [-0.15, -0.1) is 0 Å². The second kappa shape index (κ2) is 6.07. The van der Waals surface area contributed by atoms with Crippen molar-refractivity contribution >= 4 is 21.6 Å². The second-order valence-electron chi connectivity index (χ2n) is 5.17. The normalized spacial score (nSPS) is 21.3. The molecule has 2 unspecified atom stereocenters. The van der Waals surface area contributed by atoms with Crippen LogP contribution in [-0.2, 0) is 0 Å². The van der Waals surface area contributed by atoms with Gasteiger partial charge in [-0.25, -0.2) is 0 Å². The molecule has 0 spiro atoms. The summed E-state index contributed by atoms with van der Waals surface area (Å²) in [6.45, 7) is 8.93. The molecular formula is C15H23BrN2. The van der Waals surface area contributed by atoms with Gasteiger partial charge in [-0.1, -0.05) is 22.9 Å². The number of nitrogens with one attached hydrogen (secondary N) is 1. The van der Waals surface area contributed by atoms with E-state index in [-0.39, 0.29) is 0 Å². The summed E-state index contributed by atoms with van der Waals surface area (Å²) in [7, 11) is 0. The van der Waals surface area contributed by atoms with Gasteiger partial charge in [0.05, 0.1) is 0 Å². The first-order valence-corrected chi connectivity index (χ1v) is 7.72. The first-order chi connectivity index (χ1) is 8.63. The highest BCUT2D eigenvalue weighted by atomic mass is 79.9. The highest BCUT2D eigenvalue weighted by Gasteiger charge is 2.24. The number of hydrogen-bond acceptors (Lipinski definition) is 2. The molecule has 1 heterocycles. The molecule has 1 fully saturated rings. The maximum Gasteiger partial charge on any atom is 0.0417 e. The Morgan fingerprint density at radius 2 is 2.28 bits per heavy atom. The molecule has 0 aromatic heterocycles. The van der Waals surface area contributed by atoms with Gasteiger partial charge in [0.1, 0.15) is 0 Å². The summed E-state index contributed by atoms with van der Waals surface area (Å²) in [5.74, 6) is 0. The van der Waals surface area contributed by atoms with Crippen molar-refractivity contribution in [2.75, 3.05) is 18.0 Å². The molecule has 2 atom stereocenters. The van der Waals surface area contributed by atoms with Crippen molar-refractivity contribution in [3.05, 3.63) is 28.2 Å². The van der Waals surface area contributed by atoms with Gasteiger partial charge in [0.15, 0.2) is 0 Å². The van der Waals surface area contributed by atoms with Crippen molar-refractivity contribution in [3.8, 4) is 0 Å². The molecule has 1 aliphatic heterocycles. The van der Waals surface area contributed by atoms with Crippen LogP contribution in [0.3, 0.4) is 0 Å². The molecule has 1 aromatic rings. The molecule has 3 heteroatoms. The number of halogens is 1. The summed E-state index contributed by atoms with van der Waals surface area (Å²) < 4.78 is 1.16. The van der Waals surface area contributed by atoms with E-state index in [0.29, 0.717) is 12.1 Å². The Hall–Kier alpha value is -0.540. The minimum atomic E-state index is 0.398. The van der Waals surface area contributed by atoms with Crippen LogP contribution >= 0.6 is 15.9 Å². The molecule has 1 aromatic carbocycles. The van der Waals surface area contributed by atoms with Gasteiger partial charge in [-0.2, -0.15) is 0 Å². The molecule has 2 nitrogen and oxygen atoms in total. The van der Waals surface area contributed by atoms with E-state index in [0.717, 1.165) is 11.0 Å². The minimum Gasteiger partial charge on any atom is -0.369 e. The van der Waals surface area contributed by atoms with E-state index >= 15 is 0 Å². The molecule has 0 amide bonds. The summed E-state index contributed by atoms with van der Waals surface area (Å²) in [4.78, 5) is 2.55. The van der Waals surface area contributed by atoms with Crippen molar-refractivity contribution in [1.29, 1.82) is 0 Å². The molecule has 0 aliphatic carbocycles. The monoisotopic (exact) mass is 310 g/mol. The van der Waals surface area contributed by atoms with Crippen LogP contribution in [0.5, 0.6) is 0 Å². The summed E-state index contributed by atoms with van der Waals surface area (Å²) in [6.07, 6.45) is 2.62. The van der Waals surface area contributed by atoms with Crippen LogP contribution in [0.2, 0.25) is 0 Å². The highest BCUT2D eigenvalue weighted by Crippen LogP contribution is 2.33. The summed E-state index contributed by atoms with van der Waals surface area (Å²) >= 11 is 3.59. The zero-order valence-corrected chi connectivity index (χ0v) is 13.1. The van der Waals surface area contributed by atoms with E-state index in [2.05, 4.69) is 65.1 Å². The van der Waals surface area contributed by atoms with Gasteiger partial charge in [0.25, 0.3) is 0 Å². The lowest BCUT2D eigenvalue weighted by Crippen LogP contribution is -2.29. The van der Waals surface area contributed by atoms with Crippen molar-refractivity contribution in [3.63, 3.8) is 0 Å². The van der Waals surface area contributed by atoms with E-state index in [1.165, 1.54) is 30.6 Å². The average Bonchev–Trinajstić information content (AvgIpc) is 2.76. The predicted octanol–water partition coefficient (Wildman–Crippen LogP) is 4.11. The highest BCUT2D eigenvalue weighted by molar-refractivity contribution is 9.10. The van der Waals surface area contributed by atoms with Crippen LogP contribution in [0.25, 0.3) is 0 Å². The first kappa shape index (κ1) is 13.9. The largest absolute Gasteiger partial charge is 0.369 e. The third-order valence-corrected chi connectivity index (χ3v) is 4.32. The minimum absolute atomic E-state index is 0.398. The van der Waals surface area contributed by atoms with Crippen LogP contribution in [0.4, 0.5) is 5.69 Å². The van der Waals surface area contributed by atoms with Crippen molar-refractivity contribution in [1.82, 2.24) is 5.32 Å². The first-order valence-electron chi connectivity index (χ1n) is 6.93. The van der Waals surface area contributed by atoms with Crippen LogP contribution in [0.15, 0.2) is 22.7 Å². The Labute approximate surface area is 119 Å². The van der Waals surface area contributed by atoms with E-state index in [9.17, 15) is 0 Å². The number of benzene rings is 1. The van der Waals surface area contributed by atoms with Crippen LogP contribution in [0.1, 0.15) is 45.2 Å². The zero-order valence-electron chi connectivity index (χ0n) is 11.5. The fourth-order valence-corrected chi connectivity index (χ4v) is 3.22. The lowest BCUT2D eigenvalue weighted by molar-refractivity contribution is 0.594. The number of hydrogen-bond donors (Lipinski definition) is 1. The quantitative estimate of drug-likeness (QED) is 0.900. The molecule has 18 heavy (non-hydrogen) atoms. The molecule has 1 N–H and O–H groups in total. The van der Waals surface area contributed by atoms with E-state index < -0.39 is 0 Å². The van der Waals surface area contributed by atoms with Crippen molar-refractivity contribution < 1.29 is 0 Å². The summed E-state index contributed by atoms with van der Waals surface area (Å²) in [6, 6.07) is 7.74. The Bertz CT molecular complexity index is 405. The fourth-order valence-electron chi connectivity index (χ4n) is 2.84. The number of nitrogens with zero attached hydrogens (tertiary/aromatic N) is 1. The molecule has 0 radical (unpaired) electrons. The molecule has 0 saturated carbocycles. The predicted molar refractivity (Wildman–Crippen MR) is 82.3 cm³/mol. The van der Waals surface area contributed by atoms with E-state index in [1.54, 1.807) is 0 Å². The van der Waals surface area contributed by atoms with E-state index in [4.69, 9.17) is 0 Å². The van der Waals surface area contributed by atoms with Crippen LogP contribution in [0, 0.1) is 0 Å². The molecule has 1 aliphatic rings. The third kappa shape index (κ3) is 2.89. The smallest absolute Gasteiger partial charge is 0.0417 e. The Morgan fingerprint density at radius 1 is 1.50 bits per heavy atom. The van der Waals surface area contributed by atoms with E-state index in [1.807, 2.05) is 0 Å². The van der Waals surface area contributed by atoms with Gasteiger partial charge in [0.2, 0.25) is 0 Å². The molecule has 1 saturated heterocycles. The molecule has 100 valence electrons. The van der Waals surface area contributed by atoms with Crippen molar-refractivity contribution in [2.24, 2.45) is 0 Å². The molecule has 0 bridgehead atoms. The third-order valence-electron chi connectivity index (χ3n) is 3.83. The summed E-state index contributed by atoms with van der Waals surface area (Å²) in [5, 5.41) is 3.52. The summed E-state index contributed by atoms with van der Waals surface area (Å²) in [5.41, 5.74) is 2.80. The van der Waals surface area contributed by atoms with Gasteiger partial charge in [-0.05, 0) is 57.0 Å². The fraction of sp³-hybridized carbons (Fsp3) is 0.600. The van der Waals surface area contributed by atoms with Gasteiger partial charge >= 0.3 is 0 Å². The number of rotatable bonds is 4. The van der Waals surface area contributed by atoms with Crippen molar-refractivity contribution in [2.45, 2.75) is 45.7 Å². The topological polar surface area (TPSA) is 15.3 Å². The van der Waals surface area contributed by atoms with Crippen LogP contribution < -0.4 is 10.2 Å². The molecular weight excluding hydrogens is 288 g/mol. The van der Waals surface area contributed by atoms with Gasteiger partial charge in [-0.3, -0.25) is 0 Å². The lowest BCUT2D eigenvalue weighted by atomic mass is 10.0. The Morgan fingerprint density at radius 3 is 2.89 bits per heavy atom. The van der Waals surface area contributed by atoms with Gasteiger partial charge < -0.3 is 10.2 Å². The standard InChI is InChI=1S/C15H23BrN2/c1-4-17-12(3)14-10-13(16)7-8-15(14)18-9-5-6-11(18)2/h7-8,10-12,17H,4-6,9H2,1-3H3. The molecule has 2 rings (SSSR count). The number of anilines is 1. The lowest BCUT2D eigenvalue weighted by Gasteiger charge is -2.29. The zero-order chi connectivity index (χ0) is 13.1. The Kier molecular flexibility index (Phi) is 4.68. The van der Waals surface area contributed by atoms with Gasteiger partial charge in [0, 0.05) is 28.8 Å². The average molecular weight is 311 g/mol. The maximum atomic E-state index is 3.59. The second-order valence-corrected chi connectivity index (χ2v) is 6.08. The Balaban J connectivity index is 2.33.